The van der Waals surface area contributed by atoms with E-state index in [0.717, 1.165) is 32.0 Å². The fourth-order valence-electron chi connectivity index (χ4n) is 2.38. The van der Waals surface area contributed by atoms with Crippen LogP contribution in [0.15, 0.2) is 6.33 Å². The third-order valence-corrected chi connectivity index (χ3v) is 3.25. The lowest BCUT2D eigenvalue weighted by atomic mass is 10.1. The molecule has 0 bridgehead atoms. The summed E-state index contributed by atoms with van der Waals surface area (Å²) in [6.45, 7) is 6.37. The molecule has 90 valence electrons. The molecule has 1 aliphatic heterocycles. The van der Waals surface area contributed by atoms with Gasteiger partial charge in [-0.15, -0.1) is 10.2 Å². The van der Waals surface area contributed by atoms with E-state index in [-0.39, 0.29) is 0 Å². The molecule has 0 radical (unpaired) electrons. The molecule has 0 aliphatic carbocycles. The van der Waals surface area contributed by atoms with Crippen LogP contribution in [-0.2, 0) is 13.1 Å². The molecule has 1 atom stereocenters. The summed E-state index contributed by atoms with van der Waals surface area (Å²) in [5.74, 6) is 1.10. The Hall–Kier alpha value is -0.940. The summed E-state index contributed by atoms with van der Waals surface area (Å²) in [7, 11) is 2.02. The van der Waals surface area contributed by atoms with Crippen LogP contribution < -0.4 is 5.32 Å². The van der Waals surface area contributed by atoms with Crippen molar-refractivity contribution in [1.82, 2.24) is 25.0 Å². The van der Waals surface area contributed by atoms with E-state index >= 15 is 0 Å². The van der Waals surface area contributed by atoms with Crippen molar-refractivity contribution in [3.05, 3.63) is 12.2 Å². The molecule has 0 aromatic carbocycles. The van der Waals surface area contributed by atoms with E-state index in [4.69, 9.17) is 0 Å². The van der Waals surface area contributed by atoms with Crippen molar-refractivity contribution in [2.45, 2.75) is 38.9 Å². The quantitative estimate of drug-likeness (QED) is 0.789. The summed E-state index contributed by atoms with van der Waals surface area (Å²) in [6, 6.07) is 0.625. The van der Waals surface area contributed by atoms with Crippen LogP contribution in [0.25, 0.3) is 0 Å². The second kappa shape index (κ2) is 5.41. The zero-order chi connectivity index (χ0) is 11.4. The molecule has 1 aromatic rings. The van der Waals surface area contributed by atoms with Gasteiger partial charge >= 0.3 is 0 Å². The van der Waals surface area contributed by atoms with Crippen molar-refractivity contribution in [1.29, 1.82) is 0 Å². The second-order valence-electron chi connectivity index (χ2n) is 4.41. The maximum Gasteiger partial charge on any atom is 0.147 e. The SMILES string of the molecule is CCCC(CNC)N1CCn2cnnc2C1. The fourth-order valence-corrected chi connectivity index (χ4v) is 2.38. The molecule has 5 nitrogen and oxygen atoms in total. The molecular formula is C11H21N5. The number of rotatable bonds is 5. The zero-order valence-electron chi connectivity index (χ0n) is 10.2. The minimum atomic E-state index is 0.625. The Kier molecular flexibility index (Phi) is 3.90. The summed E-state index contributed by atoms with van der Waals surface area (Å²) in [5.41, 5.74) is 0. The minimum absolute atomic E-state index is 0.625. The summed E-state index contributed by atoms with van der Waals surface area (Å²) >= 11 is 0. The third kappa shape index (κ3) is 2.41. The first-order valence-corrected chi connectivity index (χ1v) is 6.10. The molecule has 5 heteroatoms. The van der Waals surface area contributed by atoms with Gasteiger partial charge in [0.15, 0.2) is 0 Å². The monoisotopic (exact) mass is 223 g/mol. The lowest BCUT2D eigenvalue weighted by Gasteiger charge is -2.34. The van der Waals surface area contributed by atoms with Crippen molar-refractivity contribution >= 4 is 0 Å². The molecule has 0 fully saturated rings. The molecule has 16 heavy (non-hydrogen) atoms. The van der Waals surface area contributed by atoms with Crippen LogP contribution in [0, 0.1) is 0 Å². The molecule has 2 rings (SSSR count). The molecule has 1 aromatic heterocycles. The van der Waals surface area contributed by atoms with Gasteiger partial charge in [0.05, 0.1) is 6.54 Å². The van der Waals surface area contributed by atoms with Crippen LogP contribution >= 0.6 is 0 Å². The van der Waals surface area contributed by atoms with Gasteiger partial charge in [-0.25, -0.2) is 0 Å². The lowest BCUT2D eigenvalue weighted by molar-refractivity contribution is 0.143. The number of nitrogens with one attached hydrogen (secondary N) is 1. The number of likely N-dealkylation sites (N-methyl/N-ethyl adjacent to an activating group) is 1. The Bertz CT molecular complexity index is 316. The van der Waals surface area contributed by atoms with Gasteiger partial charge in [0.1, 0.15) is 12.2 Å². The Balaban J connectivity index is 2.00. The third-order valence-electron chi connectivity index (χ3n) is 3.25. The Morgan fingerprint density at radius 1 is 1.50 bits per heavy atom. The van der Waals surface area contributed by atoms with Crippen molar-refractivity contribution in [2.75, 3.05) is 20.1 Å². The summed E-state index contributed by atoms with van der Waals surface area (Å²) in [6.07, 6.45) is 4.31. The predicted molar refractivity (Wildman–Crippen MR) is 63.1 cm³/mol. The first-order valence-electron chi connectivity index (χ1n) is 6.10. The smallest absolute Gasteiger partial charge is 0.147 e. The standard InChI is InChI=1S/C11H21N5/c1-3-4-10(7-12-2)15-5-6-16-9-13-14-11(16)8-15/h9-10,12H,3-8H2,1-2H3. The van der Waals surface area contributed by atoms with Crippen molar-refractivity contribution < 1.29 is 0 Å². The van der Waals surface area contributed by atoms with E-state index in [0.29, 0.717) is 6.04 Å². The number of hydrogen-bond donors (Lipinski definition) is 1. The first kappa shape index (κ1) is 11.5. The average molecular weight is 223 g/mol. The van der Waals surface area contributed by atoms with Gasteiger partial charge in [0.2, 0.25) is 0 Å². The highest BCUT2D eigenvalue weighted by Gasteiger charge is 2.23. The minimum Gasteiger partial charge on any atom is -0.318 e. The van der Waals surface area contributed by atoms with Gasteiger partial charge in [-0.05, 0) is 13.5 Å². The average Bonchev–Trinajstić information content (AvgIpc) is 2.75. The molecule has 0 saturated carbocycles. The van der Waals surface area contributed by atoms with Gasteiger partial charge in [0, 0.05) is 25.7 Å². The number of aromatic nitrogens is 3. The highest BCUT2D eigenvalue weighted by Crippen LogP contribution is 2.15. The molecule has 1 unspecified atom stereocenters. The number of hydrogen-bond acceptors (Lipinski definition) is 4. The van der Waals surface area contributed by atoms with Crippen molar-refractivity contribution in [3.63, 3.8) is 0 Å². The predicted octanol–water partition coefficient (Wildman–Crippen LogP) is 0.482. The van der Waals surface area contributed by atoms with Gasteiger partial charge in [-0.1, -0.05) is 13.3 Å². The van der Waals surface area contributed by atoms with Crippen LogP contribution in [0.5, 0.6) is 0 Å². The largest absolute Gasteiger partial charge is 0.318 e. The topological polar surface area (TPSA) is 46.0 Å². The van der Waals surface area contributed by atoms with E-state index in [2.05, 4.69) is 31.9 Å². The maximum absolute atomic E-state index is 4.16. The Labute approximate surface area is 96.8 Å². The van der Waals surface area contributed by atoms with E-state index in [9.17, 15) is 0 Å². The molecule has 2 heterocycles. The van der Waals surface area contributed by atoms with Crippen LogP contribution in [-0.4, -0.2) is 45.8 Å². The lowest BCUT2D eigenvalue weighted by Crippen LogP contribution is -2.45. The molecule has 0 saturated heterocycles. The molecule has 1 aliphatic rings. The molecule has 0 spiro atoms. The first-order chi connectivity index (χ1) is 7.85. The van der Waals surface area contributed by atoms with Crippen molar-refractivity contribution in [2.24, 2.45) is 0 Å². The van der Waals surface area contributed by atoms with E-state index < -0.39 is 0 Å². The van der Waals surface area contributed by atoms with E-state index in [1.54, 1.807) is 0 Å². The normalized spacial score (nSPS) is 18.4. The van der Waals surface area contributed by atoms with Gasteiger partial charge < -0.3 is 9.88 Å². The van der Waals surface area contributed by atoms with E-state index in [1.165, 1.54) is 12.8 Å². The van der Waals surface area contributed by atoms with Crippen molar-refractivity contribution in [3.8, 4) is 0 Å². The summed E-state index contributed by atoms with van der Waals surface area (Å²) < 4.78 is 2.15. The highest BCUT2D eigenvalue weighted by molar-refractivity contribution is 4.92. The molecule has 1 N–H and O–H groups in total. The Morgan fingerprint density at radius 3 is 3.12 bits per heavy atom. The maximum atomic E-state index is 4.16. The van der Waals surface area contributed by atoms with Gasteiger partial charge in [-0.3, -0.25) is 4.90 Å². The van der Waals surface area contributed by atoms with Gasteiger partial charge in [-0.2, -0.15) is 0 Å². The van der Waals surface area contributed by atoms with Crippen LogP contribution in [0.4, 0.5) is 0 Å². The zero-order valence-corrected chi connectivity index (χ0v) is 10.2. The fraction of sp³-hybridized carbons (Fsp3) is 0.818. The van der Waals surface area contributed by atoms with Gasteiger partial charge in [0.25, 0.3) is 0 Å². The second-order valence-corrected chi connectivity index (χ2v) is 4.41. The summed E-state index contributed by atoms with van der Waals surface area (Å²) in [5, 5.41) is 11.4. The molecule has 0 amide bonds. The molecular weight excluding hydrogens is 202 g/mol. The van der Waals surface area contributed by atoms with Crippen LogP contribution in [0.3, 0.4) is 0 Å². The highest BCUT2D eigenvalue weighted by atomic mass is 15.3. The number of fused-ring (bicyclic) bond motifs is 1. The van der Waals surface area contributed by atoms with Crippen LogP contribution in [0.1, 0.15) is 25.6 Å². The Morgan fingerprint density at radius 2 is 2.38 bits per heavy atom. The van der Waals surface area contributed by atoms with E-state index in [1.807, 2.05) is 13.4 Å². The number of nitrogens with zero attached hydrogens (tertiary/aromatic N) is 4. The summed E-state index contributed by atoms with van der Waals surface area (Å²) in [4.78, 5) is 2.52. The van der Waals surface area contributed by atoms with Crippen LogP contribution in [0.2, 0.25) is 0 Å².